The van der Waals surface area contributed by atoms with Crippen LogP contribution >= 0.6 is 11.6 Å². The number of carbonyl (C=O) groups excluding carboxylic acids is 1. The summed E-state index contributed by atoms with van der Waals surface area (Å²) in [6.07, 6.45) is 3.88. The molecule has 0 aromatic heterocycles. The Kier molecular flexibility index (Phi) is 3.62. The van der Waals surface area contributed by atoms with Crippen LogP contribution in [0.2, 0.25) is 5.02 Å². The minimum absolute atomic E-state index is 0.0464. The average Bonchev–Trinajstić information content (AvgIpc) is 2.40. The molecule has 1 aliphatic rings. The molecule has 1 fully saturated rings. The molecule has 20 heavy (non-hydrogen) atoms. The fraction of sp³-hybridized carbons (Fsp3) is 0.278. The Bertz CT molecular complexity index is 639. The zero-order valence-electron chi connectivity index (χ0n) is 11.5. The summed E-state index contributed by atoms with van der Waals surface area (Å²) in [5, 5.41) is 0.602. The second-order valence-corrected chi connectivity index (χ2v) is 5.97. The summed E-state index contributed by atoms with van der Waals surface area (Å²) >= 11 is 5.99. The highest BCUT2D eigenvalue weighted by molar-refractivity contribution is 6.31. The van der Waals surface area contributed by atoms with Gasteiger partial charge >= 0.3 is 0 Å². The van der Waals surface area contributed by atoms with E-state index in [1.54, 1.807) is 6.07 Å². The molecule has 0 heterocycles. The Labute approximate surface area is 124 Å². The van der Waals surface area contributed by atoms with Gasteiger partial charge in [0, 0.05) is 16.1 Å². The molecule has 2 aromatic rings. The zero-order valence-corrected chi connectivity index (χ0v) is 12.3. The minimum Gasteiger partial charge on any atom is -0.289 e. The van der Waals surface area contributed by atoms with Crippen molar-refractivity contribution < 1.29 is 4.79 Å². The number of ketones is 1. The third-order valence-electron chi connectivity index (χ3n) is 4.19. The Balaban J connectivity index is 1.88. The van der Waals surface area contributed by atoms with Crippen molar-refractivity contribution in [3.05, 3.63) is 69.7 Å². The molecular weight excluding hydrogens is 268 g/mol. The van der Waals surface area contributed by atoms with Crippen molar-refractivity contribution in [1.29, 1.82) is 0 Å². The van der Waals surface area contributed by atoms with E-state index >= 15 is 0 Å². The van der Waals surface area contributed by atoms with Crippen molar-refractivity contribution in [3.63, 3.8) is 0 Å². The lowest BCUT2D eigenvalue weighted by atomic mass is 9.80. The van der Waals surface area contributed by atoms with Gasteiger partial charge in [-0.1, -0.05) is 48.4 Å². The summed E-state index contributed by atoms with van der Waals surface area (Å²) in [6.45, 7) is 1.94. The minimum atomic E-state index is 0.0464. The molecule has 0 radical (unpaired) electrons. The normalized spacial score (nSPS) is 14.9. The van der Waals surface area contributed by atoms with Gasteiger partial charge in [0.25, 0.3) is 0 Å². The Morgan fingerprint density at radius 2 is 1.80 bits per heavy atom. The molecule has 0 unspecified atom stereocenters. The third kappa shape index (κ3) is 2.51. The van der Waals surface area contributed by atoms with Crippen molar-refractivity contribution >= 4 is 17.4 Å². The highest BCUT2D eigenvalue weighted by atomic mass is 35.5. The predicted molar refractivity (Wildman–Crippen MR) is 82.7 cm³/mol. The van der Waals surface area contributed by atoms with Crippen LogP contribution in [0.1, 0.15) is 52.2 Å². The second-order valence-electron chi connectivity index (χ2n) is 5.54. The van der Waals surface area contributed by atoms with Gasteiger partial charge in [-0.25, -0.2) is 0 Å². The van der Waals surface area contributed by atoms with Crippen LogP contribution in [0.5, 0.6) is 0 Å². The number of hydrogen-bond acceptors (Lipinski definition) is 1. The SMILES string of the molecule is Cc1ccc(Cl)cc1C(=O)c1ccc(C2CCC2)cc1. The first-order valence-corrected chi connectivity index (χ1v) is 7.44. The van der Waals surface area contributed by atoms with Gasteiger partial charge in [-0.3, -0.25) is 4.79 Å². The van der Waals surface area contributed by atoms with E-state index in [9.17, 15) is 4.79 Å². The molecule has 0 aliphatic heterocycles. The summed E-state index contributed by atoms with van der Waals surface area (Å²) in [5.41, 5.74) is 3.74. The van der Waals surface area contributed by atoms with Crippen LogP contribution in [-0.2, 0) is 0 Å². The van der Waals surface area contributed by atoms with E-state index in [0.29, 0.717) is 16.5 Å². The largest absolute Gasteiger partial charge is 0.289 e. The van der Waals surface area contributed by atoms with Crippen LogP contribution in [0.15, 0.2) is 42.5 Å². The van der Waals surface area contributed by atoms with Crippen molar-refractivity contribution in [2.45, 2.75) is 32.1 Å². The lowest BCUT2D eigenvalue weighted by molar-refractivity contribution is 0.103. The average molecular weight is 285 g/mol. The van der Waals surface area contributed by atoms with Gasteiger partial charge in [0.1, 0.15) is 0 Å². The number of benzene rings is 2. The summed E-state index contributed by atoms with van der Waals surface area (Å²) < 4.78 is 0. The maximum atomic E-state index is 12.5. The van der Waals surface area contributed by atoms with Crippen LogP contribution in [0.3, 0.4) is 0 Å². The molecule has 0 amide bonds. The first-order valence-electron chi connectivity index (χ1n) is 7.06. The van der Waals surface area contributed by atoms with Crippen LogP contribution in [0, 0.1) is 6.92 Å². The van der Waals surface area contributed by atoms with Gasteiger partial charge in [0.05, 0.1) is 0 Å². The number of carbonyl (C=O) groups is 1. The van der Waals surface area contributed by atoms with Gasteiger partial charge in [-0.2, -0.15) is 0 Å². The monoisotopic (exact) mass is 284 g/mol. The van der Waals surface area contributed by atoms with E-state index in [-0.39, 0.29) is 5.78 Å². The van der Waals surface area contributed by atoms with Gasteiger partial charge in [0.2, 0.25) is 0 Å². The van der Waals surface area contributed by atoms with Crippen molar-refractivity contribution in [2.75, 3.05) is 0 Å². The summed E-state index contributed by atoms with van der Waals surface area (Å²) in [5.74, 6) is 0.747. The van der Waals surface area contributed by atoms with Crippen molar-refractivity contribution in [1.82, 2.24) is 0 Å². The zero-order chi connectivity index (χ0) is 14.1. The summed E-state index contributed by atoms with van der Waals surface area (Å²) in [6, 6.07) is 13.5. The topological polar surface area (TPSA) is 17.1 Å². The second kappa shape index (κ2) is 5.41. The van der Waals surface area contributed by atoms with E-state index in [1.807, 2.05) is 31.2 Å². The number of halogens is 1. The molecule has 2 aromatic carbocycles. The first kappa shape index (κ1) is 13.4. The maximum absolute atomic E-state index is 12.5. The standard InChI is InChI=1S/C18H17ClO/c1-12-5-10-16(19)11-17(12)18(20)15-8-6-14(7-9-15)13-3-2-4-13/h5-11,13H,2-4H2,1H3. The highest BCUT2D eigenvalue weighted by Crippen LogP contribution is 2.36. The van der Waals surface area contributed by atoms with Gasteiger partial charge in [0.15, 0.2) is 5.78 Å². The van der Waals surface area contributed by atoms with Crippen LogP contribution in [-0.4, -0.2) is 5.78 Å². The number of aryl methyl sites for hydroxylation is 1. The third-order valence-corrected chi connectivity index (χ3v) is 4.43. The molecule has 0 spiro atoms. The van der Waals surface area contributed by atoms with Crippen molar-refractivity contribution in [2.24, 2.45) is 0 Å². The van der Waals surface area contributed by atoms with Crippen LogP contribution < -0.4 is 0 Å². The van der Waals surface area contributed by atoms with E-state index in [2.05, 4.69) is 12.1 Å². The number of rotatable bonds is 3. The predicted octanol–water partition coefficient (Wildman–Crippen LogP) is 5.15. The molecular formula is C18H17ClO. The Hall–Kier alpha value is -1.60. The molecule has 2 heteroatoms. The molecule has 1 nitrogen and oxygen atoms in total. The molecule has 0 N–H and O–H groups in total. The van der Waals surface area contributed by atoms with E-state index in [4.69, 9.17) is 11.6 Å². The van der Waals surface area contributed by atoms with Crippen molar-refractivity contribution in [3.8, 4) is 0 Å². The first-order chi connectivity index (χ1) is 9.65. The lowest BCUT2D eigenvalue weighted by Crippen LogP contribution is -2.09. The smallest absolute Gasteiger partial charge is 0.193 e. The molecule has 1 saturated carbocycles. The molecule has 0 saturated heterocycles. The Morgan fingerprint density at radius 1 is 1.10 bits per heavy atom. The fourth-order valence-electron chi connectivity index (χ4n) is 2.64. The van der Waals surface area contributed by atoms with Gasteiger partial charge < -0.3 is 0 Å². The van der Waals surface area contributed by atoms with Crippen LogP contribution in [0.4, 0.5) is 0 Å². The Morgan fingerprint density at radius 3 is 2.40 bits per heavy atom. The van der Waals surface area contributed by atoms with Gasteiger partial charge in [-0.05, 0) is 48.9 Å². The van der Waals surface area contributed by atoms with E-state index in [1.165, 1.54) is 24.8 Å². The molecule has 102 valence electrons. The fourth-order valence-corrected chi connectivity index (χ4v) is 2.81. The molecule has 1 aliphatic carbocycles. The van der Waals surface area contributed by atoms with E-state index < -0.39 is 0 Å². The summed E-state index contributed by atoms with van der Waals surface area (Å²) in [4.78, 5) is 12.5. The highest BCUT2D eigenvalue weighted by Gasteiger charge is 2.20. The van der Waals surface area contributed by atoms with Crippen LogP contribution in [0.25, 0.3) is 0 Å². The quantitative estimate of drug-likeness (QED) is 0.713. The molecule has 3 rings (SSSR count). The lowest BCUT2D eigenvalue weighted by Gasteiger charge is -2.25. The summed E-state index contributed by atoms with van der Waals surface area (Å²) in [7, 11) is 0. The molecule has 0 atom stereocenters. The maximum Gasteiger partial charge on any atom is 0.193 e. The van der Waals surface area contributed by atoms with Gasteiger partial charge in [-0.15, -0.1) is 0 Å². The molecule has 0 bridgehead atoms. The van der Waals surface area contributed by atoms with E-state index in [0.717, 1.165) is 11.1 Å². The number of hydrogen-bond donors (Lipinski definition) is 0.